The SMILES string of the molecule is C=C(c1ccccc1)C(C)(C)C.CCCCCCC. The van der Waals surface area contributed by atoms with E-state index in [1.165, 1.54) is 43.2 Å². The Labute approximate surface area is 120 Å². The Kier molecular flexibility index (Phi) is 9.30. The molecule has 0 saturated heterocycles. The van der Waals surface area contributed by atoms with Gasteiger partial charge in [-0.15, -0.1) is 0 Å². The minimum absolute atomic E-state index is 0.168. The lowest BCUT2D eigenvalue weighted by atomic mass is 9.83. The molecular formula is C19H32. The van der Waals surface area contributed by atoms with Gasteiger partial charge in [-0.2, -0.15) is 0 Å². The van der Waals surface area contributed by atoms with Crippen molar-refractivity contribution < 1.29 is 0 Å². The number of rotatable bonds is 5. The van der Waals surface area contributed by atoms with Crippen LogP contribution >= 0.6 is 0 Å². The van der Waals surface area contributed by atoms with Gasteiger partial charge in [0.25, 0.3) is 0 Å². The largest absolute Gasteiger partial charge is 0.0947 e. The van der Waals surface area contributed by atoms with Crippen molar-refractivity contribution in [3.63, 3.8) is 0 Å². The monoisotopic (exact) mass is 260 g/mol. The van der Waals surface area contributed by atoms with Crippen LogP contribution in [0.25, 0.3) is 5.57 Å². The first kappa shape index (κ1) is 18.0. The second-order valence-electron chi connectivity index (χ2n) is 6.16. The summed E-state index contributed by atoms with van der Waals surface area (Å²) in [7, 11) is 0. The second kappa shape index (κ2) is 9.83. The first-order valence-electron chi connectivity index (χ1n) is 7.68. The van der Waals surface area contributed by atoms with Crippen LogP contribution < -0.4 is 0 Å². The Morgan fingerprint density at radius 3 is 1.74 bits per heavy atom. The normalized spacial score (nSPS) is 10.6. The van der Waals surface area contributed by atoms with E-state index in [1.807, 2.05) is 18.2 Å². The van der Waals surface area contributed by atoms with Gasteiger partial charge in [-0.25, -0.2) is 0 Å². The maximum atomic E-state index is 4.10. The summed E-state index contributed by atoms with van der Waals surface area (Å²) in [6.45, 7) is 15.1. The highest BCUT2D eigenvalue weighted by molar-refractivity contribution is 5.67. The molecule has 0 aliphatic carbocycles. The predicted molar refractivity (Wildman–Crippen MR) is 89.4 cm³/mol. The number of allylic oxidation sites excluding steroid dienone is 1. The van der Waals surface area contributed by atoms with Crippen LogP contribution in [0.2, 0.25) is 0 Å². The van der Waals surface area contributed by atoms with Crippen molar-refractivity contribution in [3.8, 4) is 0 Å². The van der Waals surface area contributed by atoms with Gasteiger partial charge in [0.2, 0.25) is 0 Å². The fraction of sp³-hybridized carbons (Fsp3) is 0.579. The van der Waals surface area contributed by atoms with Gasteiger partial charge >= 0.3 is 0 Å². The Morgan fingerprint density at radius 1 is 0.895 bits per heavy atom. The minimum Gasteiger partial charge on any atom is -0.0947 e. The van der Waals surface area contributed by atoms with Crippen molar-refractivity contribution in [2.75, 3.05) is 0 Å². The molecule has 0 heterocycles. The van der Waals surface area contributed by atoms with E-state index in [-0.39, 0.29) is 5.41 Å². The average Bonchev–Trinajstić information content (AvgIpc) is 2.39. The Hall–Kier alpha value is -1.04. The zero-order valence-corrected chi connectivity index (χ0v) is 13.6. The first-order chi connectivity index (χ1) is 8.93. The van der Waals surface area contributed by atoms with Crippen molar-refractivity contribution in [1.29, 1.82) is 0 Å². The average molecular weight is 260 g/mol. The molecule has 0 atom stereocenters. The number of hydrogen-bond donors (Lipinski definition) is 0. The molecule has 108 valence electrons. The van der Waals surface area contributed by atoms with E-state index in [2.05, 4.69) is 53.3 Å². The van der Waals surface area contributed by atoms with E-state index >= 15 is 0 Å². The quantitative estimate of drug-likeness (QED) is 0.515. The van der Waals surface area contributed by atoms with E-state index in [9.17, 15) is 0 Å². The molecule has 0 amide bonds. The summed E-state index contributed by atoms with van der Waals surface area (Å²) in [5, 5.41) is 0. The number of hydrogen-bond acceptors (Lipinski definition) is 0. The fourth-order valence-electron chi connectivity index (χ4n) is 1.75. The Bertz CT molecular complexity index is 323. The van der Waals surface area contributed by atoms with Gasteiger partial charge in [-0.3, -0.25) is 0 Å². The van der Waals surface area contributed by atoms with Crippen LogP contribution in [-0.4, -0.2) is 0 Å². The highest BCUT2D eigenvalue weighted by Crippen LogP contribution is 2.31. The molecule has 1 aromatic rings. The lowest BCUT2D eigenvalue weighted by Gasteiger charge is -2.21. The van der Waals surface area contributed by atoms with Crippen LogP contribution in [0.5, 0.6) is 0 Å². The molecule has 0 nitrogen and oxygen atoms in total. The first-order valence-corrected chi connectivity index (χ1v) is 7.68. The molecule has 19 heavy (non-hydrogen) atoms. The van der Waals surface area contributed by atoms with Crippen molar-refractivity contribution >= 4 is 5.57 Å². The molecule has 0 unspecified atom stereocenters. The Balaban J connectivity index is 0.000000399. The summed E-state index contributed by atoms with van der Waals surface area (Å²) < 4.78 is 0. The third-order valence-corrected chi connectivity index (χ3v) is 3.23. The maximum absolute atomic E-state index is 4.10. The summed E-state index contributed by atoms with van der Waals surface area (Å²) in [6, 6.07) is 10.3. The van der Waals surface area contributed by atoms with Crippen LogP contribution in [0.4, 0.5) is 0 Å². The van der Waals surface area contributed by atoms with Gasteiger partial charge in [0, 0.05) is 0 Å². The molecule has 0 bridgehead atoms. The smallest absolute Gasteiger partial charge is 0.0132 e. The molecule has 1 aromatic carbocycles. The molecule has 0 aromatic heterocycles. The van der Waals surface area contributed by atoms with Crippen molar-refractivity contribution in [1.82, 2.24) is 0 Å². The number of benzene rings is 1. The zero-order chi connectivity index (χ0) is 14.7. The van der Waals surface area contributed by atoms with Gasteiger partial charge in [0.05, 0.1) is 0 Å². The molecular weight excluding hydrogens is 228 g/mol. The van der Waals surface area contributed by atoms with Crippen molar-refractivity contribution in [3.05, 3.63) is 42.5 Å². The topological polar surface area (TPSA) is 0 Å². The molecule has 0 aliphatic heterocycles. The summed E-state index contributed by atoms with van der Waals surface area (Å²) in [5.41, 5.74) is 2.61. The summed E-state index contributed by atoms with van der Waals surface area (Å²) in [6.07, 6.45) is 7.01. The second-order valence-corrected chi connectivity index (χ2v) is 6.16. The summed E-state index contributed by atoms with van der Waals surface area (Å²) >= 11 is 0. The van der Waals surface area contributed by atoms with Gasteiger partial charge in [0.15, 0.2) is 0 Å². The minimum atomic E-state index is 0.168. The van der Waals surface area contributed by atoms with E-state index < -0.39 is 0 Å². The standard InChI is InChI=1S/C12H16.C7H16/c1-10(12(2,3)4)11-8-6-5-7-9-11;1-3-5-7-6-4-2/h5-9H,1H2,2-4H3;3-7H2,1-2H3. The molecule has 0 N–H and O–H groups in total. The fourth-order valence-corrected chi connectivity index (χ4v) is 1.75. The predicted octanol–water partition coefficient (Wildman–Crippen LogP) is 6.72. The van der Waals surface area contributed by atoms with Gasteiger partial charge < -0.3 is 0 Å². The van der Waals surface area contributed by atoms with E-state index in [4.69, 9.17) is 0 Å². The van der Waals surface area contributed by atoms with Crippen molar-refractivity contribution in [2.45, 2.75) is 66.7 Å². The highest BCUT2D eigenvalue weighted by atomic mass is 14.2. The molecule has 0 aliphatic rings. The van der Waals surface area contributed by atoms with Crippen molar-refractivity contribution in [2.24, 2.45) is 5.41 Å². The third kappa shape index (κ3) is 8.64. The van der Waals surface area contributed by atoms with E-state index in [1.54, 1.807) is 0 Å². The van der Waals surface area contributed by atoms with Gasteiger partial charge in [-0.1, -0.05) is 104 Å². The molecule has 0 saturated carbocycles. The Morgan fingerprint density at radius 2 is 1.37 bits per heavy atom. The lowest BCUT2D eigenvalue weighted by molar-refractivity contribution is 0.568. The number of unbranched alkanes of at least 4 members (excludes halogenated alkanes) is 4. The molecule has 1 rings (SSSR count). The third-order valence-electron chi connectivity index (χ3n) is 3.23. The van der Waals surface area contributed by atoms with Gasteiger partial charge in [-0.05, 0) is 16.6 Å². The zero-order valence-electron chi connectivity index (χ0n) is 13.6. The van der Waals surface area contributed by atoms with Crippen LogP contribution in [0, 0.1) is 5.41 Å². The van der Waals surface area contributed by atoms with E-state index in [0.717, 1.165) is 0 Å². The molecule has 0 spiro atoms. The molecule has 0 radical (unpaired) electrons. The molecule has 0 fully saturated rings. The summed E-state index contributed by atoms with van der Waals surface area (Å²) in [5.74, 6) is 0. The highest BCUT2D eigenvalue weighted by Gasteiger charge is 2.15. The van der Waals surface area contributed by atoms with E-state index in [0.29, 0.717) is 0 Å². The van der Waals surface area contributed by atoms with Crippen LogP contribution in [0.3, 0.4) is 0 Å². The molecule has 0 heteroatoms. The maximum Gasteiger partial charge on any atom is -0.0132 e. The van der Waals surface area contributed by atoms with Crippen LogP contribution in [0.15, 0.2) is 36.9 Å². The van der Waals surface area contributed by atoms with Crippen LogP contribution in [-0.2, 0) is 0 Å². The van der Waals surface area contributed by atoms with Crippen LogP contribution in [0.1, 0.15) is 72.3 Å². The van der Waals surface area contributed by atoms with Gasteiger partial charge in [0.1, 0.15) is 0 Å². The lowest BCUT2D eigenvalue weighted by Crippen LogP contribution is -2.06. The summed E-state index contributed by atoms with van der Waals surface area (Å²) in [4.78, 5) is 0.